The van der Waals surface area contributed by atoms with Gasteiger partial charge in [-0.2, -0.15) is 0 Å². The fourth-order valence-corrected chi connectivity index (χ4v) is 2.54. The maximum Gasteiger partial charge on any atom is 0.126 e. The highest BCUT2D eigenvalue weighted by atomic mass is 19.1. The number of nitrogens with one attached hydrogen (secondary N) is 2. The van der Waals surface area contributed by atoms with Gasteiger partial charge in [0.25, 0.3) is 0 Å². The minimum absolute atomic E-state index is 0.175. The maximum absolute atomic E-state index is 13.6. The van der Waals surface area contributed by atoms with Crippen molar-refractivity contribution >= 4 is 0 Å². The Morgan fingerprint density at radius 2 is 2.32 bits per heavy atom. The molecule has 4 heteroatoms. The van der Waals surface area contributed by atoms with Crippen molar-refractivity contribution in [3.63, 3.8) is 0 Å². The number of rotatable bonds is 3. The Kier molecular flexibility index (Phi) is 3.34. The van der Waals surface area contributed by atoms with Crippen LogP contribution in [0.15, 0.2) is 24.4 Å². The number of nitrogens with zero attached hydrogens (tertiary/aromatic N) is 1. The summed E-state index contributed by atoms with van der Waals surface area (Å²) in [6, 6.07) is 5.79. The molecule has 1 aliphatic rings. The second-order valence-corrected chi connectivity index (χ2v) is 5.20. The topological polar surface area (TPSA) is 40.7 Å². The molecule has 1 atom stereocenters. The van der Waals surface area contributed by atoms with Crippen LogP contribution in [0.25, 0.3) is 11.3 Å². The van der Waals surface area contributed by atoms with E-state index in [4.69, 9.17) is 0 Å². The van der Waals surface area contributed by atoms with E-state index in [-0.39, 0.29) is 5.82 Å². The molecule has 1 unspecified atom stereocenters. The monoisotopic (exact) mass is 259 g/mol. The van der Waals surface area contributed by atoms with E-state index in [0.29, 0.717) is 11.6 Å². The molecule has 0 amide bonds. The molecule has 1 aromatic carbocycles. The van der Waals surface area contributed by atoms with Gasteiger partial charge in [-0.15, -0.1) is 0 Å². The third-order valence-electron chi connectivity index (χ3n) is 3.71. The van der Waals surface area contributed by atoms with Crippen molar-refractivity contribution in [2.75, 3.05) is 6.54 Å². The van der Waals surface area contributed by atoms with Gasteiger partial charge in [0.15, 0.2) is 0 Å². The zero-order valence-electron chi connectivity index (χ0n) is 11.0. The van der Waals surface area contributed by atoms with Gasteiger partial charge in [-0.05, 0) is 37.9 Å². The van der Waals surface area contributed by atoms with Crippen LogP contribution in [0.4, 0.5) is 4.39 Å². The van der Waals surface area contributed by atoms with Gasteiger partial charge in [0.1, 0.15) is 11.6 Å². The quantitative estimate of drug-likeness (QED) is 0.890. The Bertz CT molecular complexity index is 571. The lowest BCUT2D eigenvalue weighted by atomic mass is 10.1. The largest absolute Gasteiger partial charge is 0.342 e. The summed E-state index contributed by atoms with van der Waals surface area (Å²) in [6.07, 6.45) is 5.14. The molecule has 19 heavy (non-hydrogen) atoms. The summed E-state index contributed by atoms with van der Waals surface area (Å²) in [5, 5.41) is 3.45. The number of aromatic nitrogens is 2. The molecule has 0 bridgehead atoms. The van der Waals surface area contributed by atoms with Crippen molar-refractivity contribution in [1.29, 1.82) is 0 Å². The van der Waals surface area contributed by atoms with Gasteiger partial charge in [0.05, 0.1) is 11.9 Å². The molecule has 1 fully saturated rings. The van der Waals surface area contributed by atoms with E-state index in [2.05, 4.69) is 15.3 Å². The summed E-state index contributed by atoms with van der Waals surface area (Å²) in [6.45, 7) is 2.87. The molecular formula is C15H18FN3. The smallest absolute Gasteiger partial charge is 0.126 e. The molecule has 1 aromatic heterocycles. The van der Waals surface area contributed by atoms with Gasteiger partial charge < -0.3 is 10.3 Å². The van der Waals surface area contributed by atoms with Gasteiger partial charge in [0.2, 0.25) is 0 Å². The van der Waals surface area contributed by atoms with E-state index in [1.54, 1.807) is 25.3 Å². The molecule has 3 rings (SSSR count). The number of aromatic amines is 1. The molecular weight excluding hydrogens is 241 g/mol. The van der Waals surface area contributed by atoms with Gasteiger partial charge in [-0.25, -0.2) is 9.37 Å². The summed E-state index contributed by atoms with van der Waals surface area (Å²) in [4.78, 5) is 7.68. The third-order valence-corrected chi connectivity index (χ3v) is 3.71. The normalized spacial score (nSPS) is 18.9. The number of halogens is 1. The lowest BCUT2D eigenvalue weighted by molar-refractivity contribution is 0.588. The Morgan fingerprint density at radius 1 is 1.42 bits per heavy atom. The van der Waals surface area contributed by atoms with E-state index in [1.165, 1.54) is 12.8 Å². The molecule has 0 radical (unpaired) electrons. The fraction of sp³-hybridized carbons (Fsp3) is 0.400. The molecule has 100 valence electrons. The highest BCUT2D eigenvalue weighted by molar-refractivity contribution is 5.59. The standard InChI is InChI=1S/C15H18FN3/c1-10-4-5-11(7-13(10)16)14-9-18-15(19-14)8-12-3-2-6-17-12/h4-5,7,9,12,17H,2-3,6,8H2,1H3,(H,18,19). The summed E-state index contributed by atoms with van der Waals surface area (Å²) in [7, 11) is 0. The zero-order valence-corrected chi connectivity index (χ0v) is 11.0. The first-order valence-corrected chi connectivity index (χ1v) is 6.76. The lowest BCUT2D eigenvalue weighted by Crippen LogP contribution is -2.24. The number of benzene rings is 1. The van der Waals surface area contributed by atoms with Crippen LogP contribution in [0.1, 0.15) is 24.2 Å². The van der Waals surface area contributed by atoms with Crippen LogP contribution in [0.2, 0.25) is 0 Å². The Morgan fingerprint density at radius 3 is 3.05 bits per heavy atom. The van der Waals surface area contributed by atoms with Crippen molar-refractivity contribution in [1.82, 2.24) is 15.3 Å². The van der Waals surface area contributed by atoms with E-state index < -0.39 is 0 Å². The average Bonchev–Trinajstić information content (AvgIpc) is 3.05. The minimum atomic E-state index is -0.175. The first-order valence-electron chi connectivity index (χ1n) is 6.76. The second-order valence-electron chi connectivity index (χ2n) is 5.20. The Hall–Kier alpha value is -1.68. The summed E-state index contributed by atoms with van der Waals surface area (Å²) >= 11 is 0. The molecule has 2 aromatic rings. The molecule has 3 nitrogen and oxygen atoms in total. The van der Waals surface area contributed by atoms with Crippen LogP contribution in [-0.2, 0) is 6.42 Å². The SMILES string of the molecule is Cc1ccc(-c2cnc(CC3CCCN3)[nH]2)cc1F. The minimum Gasteiger partial charge on any atom is -0.342 e. The first kappa shape index (κ1) is 12.4. The number of hydrogen-bond acceptors (Lipinski definition) is 2. The van der Waals surface area contributed by atoms with Crippen LogP contribution in [0, 0.1) is 12.7 Å². The molecule has 0 aliphatic carbocycles. The van der Waals surface area contributed by atoms with Crippen LogP contribution < -0.4 is 5.32 Å². The van der Waals surface area contributed by atoms with Crippen molar-refractivity contribution in [3.05, 3.63) is 41.6 Å². The maximum atomic E-state index is 13.6. The molecule has 2 N–H and O–H groups in total. The highest BCUT2D eigenvalue weighted by Gasteiger charge is 2.16. The predicted octanol–water partition coefficient (Wildman–Crippen LogP) is 2.82. The summed E-state index contributed by atoms with van der Waals surface area (Å²) in [5.74, 6) is 0.793. The number of aryl methyl sites for hydroxylation is 1. The third kappa shape index (κ3) is 2.68. The van der Waals surface area contributed by atoms with Crippen LogP contribution in [-0.4, -0.2) is 22.6 Å². The van der Waals surface area contributed by atoms with Crippen LogP contribution >= 0.6 is 0 Å². The summed E-state index contributed by atoms with van der Waals surface area (Å²) in [5.41, 5.74) is 2.40. The van der Waals surface area contributed by atoms with Crippen molar-refractivity contribution in [2.24, 2.45) is 0 Å². The first-order chi connectivity index (χ1) is 9.22. The molecule has 1 saturated heterocycles. The number of H-pyrrole nitrogens is 1. The Labute approximate surface area is 112 Å². The second kappa shape index (κ2) is 5.13. The van der Waals surface area contributed by atoms with E-state index in [1.807, 2.05) is 6.07 Å². The van der Waals surface area contributed by atoms with Crippen LogP contribution in [0.5, 0.6) is 0 Å². The number of hydrogen-bond donors (Lipinski definition) is 2. The summed E-state index contributed by atoms with van der Waals surface area (Å²) < 4.78 is 13.6. The molecule has 0 spiro atoms. The van der Waals surface area contributed by atoms with Crippen LogP contribution in [0.3, 0.4) is 0 Å². The fourth-order valence-electron chi connectivity index (χ4n) is 2.54. The van der Waals surface area contributed by atoms with Crippen molar-refractivity contribution in [2.45, 2.75) is 32.2 Å². The highest BCUT2D eigenvalue weighted by Crippen LogP contribution is 2.20. The van der Waals surface area contributed by atoms with Gasteiger partial charge in [-0.1, -0.05) is 12.1 Å². The zero-order chi connectivity index (χ0) is 13.2. The van der Waals surface area contributed by atoms with Gasteiger partial charge >= 0.3 is 0 Å². The molecule has 0 saturated carbocycles. The molecule has 2 heterocycles. The Balaban J connectivity index is 1.78. The van der Waals surface area contributed by atoms with E-state index >= 15 is 0 Å². The number of imidazole rings is 1. The molecule has 1 aliphatic heterocycles. The van der Waals surface area contributed by atoms with E-state index in [9.17, 15) is 4.39 Å². The van der Waals surface area contributed by atoms with Crippen molar-refractivity contribution < 1.29 is 4.39 Å². The predicted molar refractivity (Wildman–Crippen MR) is 73.4 cm³/mol. The lowest BCUT2D eigenvalue weighted by Gasteiger charge is -2.06. The van der Waals surface area contributed by atoms with Gasteiger partial charge in [0, 0.05) is 18.0 Å². The van der Waals surface area contributed by atoms with E-state index in [0.717, 1.165) is 30.0 Å². The van der Waals surface area contributed by atoms with Gasteiger partial charge in [-0.3, -0.25) is 0 Å². The van der Waals surface area contributed by atoms with Crippen molar-refractivity contribution in [3.8, 4) is 11.3 Å². The average molecular weight is 259 g/mol.